The minimum absolute atomic E-state index is 0.154. The maximum atomic E-state index is 11.3. The Morgan fingerprint density at radius 1 is 1.50 bits per heavy atom. The van der Waals surface area contributed by atoms with Gasteiger partial charge in [-0.05, 0) is 18.6 Å². The molecule has 1 rings (SSSR count). The number of Topliss-reactive ketones (excluding diaryl/α,β-unsaturated/α-hetero) is 1. The first-order valence-corrected chi connectivity index (χ1v) is 6.75. The number of carbonyl (C=O) groups excluding carboxylic acids is 1. The molecule has 0 fully saturated rings. The molecule has 0 aliphatic rings. The first-order valence-electron chi connectivity index (χ1n) is 5.09. The lowest BCUT2D eigenvalue weighted by Crippen LogP contribution is -2.04. The Kier molecular flexibility index (Phi) is 5.85. The molecular formula is C12H14BrClO2. The zero-order valence-corrected chi connectivity index (χ0v) is 11.5. The number of hydrogen-bond acceptors (Lipinski definition) is 2. The number of benzene rings is 1. The second-order valence-electron chi connectivity index (χ2n) is 3.36. The second kappa shape index (κ2) is 6.92. The lowest BCUT2D eigenvalue weighted by atomic mass is 10.1. The second-order valence-corrected chi connectivity index (χ2v) is 4.19. The first-order chi connectivity index (χ1) is 7.71. The Morgan fingerprint density at radius 3 is 2.81 bits per heavy atom. The van der Waals surface area contributed by atoms with Crippen molar-refractivity contribution in [2.24, 2.45) is 0 Å². The van der Waals surface area contributed by atoms with E-state index >= 15 is 0 Å². The number of ketones is 1. The number of rotatable bonds is 6. The molecule has 1 aromatic rings. The molecule has 0 unspecified atom stereocenters. The highest BCUT2D eigenvalue weighted by Gasteiger charge is 2.07. The van der Waals surface area contributed by atoms with E-state index in [1.807, 2.05) is 25.1 Å². The van der Waals surface area contributed by atoms with E-state index in [9.17, 15) is 4.79 Å². The standard InChI is InChI=1S/C12H14BrClO2/c1-2-16-12-6-9(5-11(15)7-13)3-4-10(12)8-14/h3-4,6H,2,5,7-8H2,1H3. The minimum Gasteiger partial charge on any atom is -0.494 e. The Labute approximate surface area is 109 Å². The van der Waals surface area contributed by atoms with E-state index in [0.29, 0.717) is 24.2 Å². The van der Waals surface area contributed by atoms with Gasteiger partial charge >= 0.3 is 0 Å². The lowest BCUT2D eigenvalue weighted by Gasteiger charge is -2.09. The highest BCUT2D eigenvalue weighted by atomic mass is 79.9. The van der Waals surface area contributed by atoms with Crippen LogP contribution in [0.25, 0.3) is 0 Å². The van der Waals surface area contributed by atoms with Crippen molar-refractivity contribution in [3.05, 3.63) is 29.3 Å². The maximum absolute atomic E-state index is 11.3. The molecule has 0 aromatic heterocycles. The third-order valence-corrected chi connectivity index (χ3v) is 3.04. The summed E-state index contributed by atoms with van der Waals surface area (Å²) in [6.07, 6.45) is 0.424. The van der Waals surface area contributed by atoms with Gasteiger partial charge in [-0.15, -0.1) is 11.6 Å². The van der Waals surface area contributed by atoms with Gasteiger partial charge in [0, 0.05) is 12.0 Å². The molecule has 4 heteroatoms. The van der Waals surface area contributed by atoms with Crippen molar-refractivity contribution in [3.8, 4) is 5.75 Å². The number of carbonyl (C=O) groups is 1. The van der Waals surface area contributed by atoms with Gasteiger partial charge in [-0.3, -0.25) is 4.79 Å². The summed E-state index contributed by atoms with van der Waals surface area (Å²) in [6.45, 7) is 2.52. The van der Waals surface area contributed by atoms with Crippen LogP contribution < -0.4 is 4.74 Å². The van der Waals surface area contributed by atoms with Crippen molar-refractivity contribution in [1.82, 2.24) is 0 Å². The fourth-order valence-electron chi connectivity index (χ4n) is 1.38. The van der Waals surface area contributed by atoms with Gasteiger partial charge < -0.3 is 4.74 Å². The average Bonchev–Trinajstić information content (AvgIpc) is 2.30. The van der Waals surface area contributed by atoms with Crippen molar-refractivity contribution in [2.45, 2.75) is 19.2 Å². The number of alkyl halides is 2. The summed E-state index contributed by atoms with van der Waals surface area (Å²) >= 11 is 8.95. The van der Waals surface area contributed by atoms with E-state index in [4.69, 9.17) is 16.3 Å². The third kappa shape index (κ3) is 3.80. The summed E-state index contributed by atoms with van der Waals surface area (Å²) in [5, 5.41) is 0.383. The normalized spacial score (nSPS) is 10.2. The van der Waals surface area contributed by atoms with Crippen LogP contribution in [0, 0.1) is 0 Å². The van der Waals surface area contributed by atoms with E-state index in [0.717, 1.165) is 16.9 Å². The van der Waals surface area contributed by atoms with Crippen molar-refractivity contribution in [2.75, 3.05) is 11.9 Å². The van der Waals surface area contributed by atoms with Crippen LogP contribution in [-0.2, 0) is 17.1 Å². The van der Waals surface area contributed by atoms with E-state index in [1.165, 1.54) is 0 Å². The van der Waals surface area contributed by atoms with Gasteiger partial charge in [0.2, 0.25) is 0 Å². The van der Waals surface area contributed by atoms with Crippen molar-refractivity contribution < 1.29 is 9.53 Å². The van der Waals surface area contributed by atoms with Gasteiger partial charge in [-0.25, -0.2) is 0 Å². The largest absolute Gasteiger partial charge is 0.494 e. The van der Waals surface area contributed by atoms with Crippen LogP contribution in [0.3, 0.4) is 0 Å². The molecule has 0 saturated carbocycles. The molecule has 0 aliphatic heterocycles. The Bertz CT molecular complexity index is 366. The average molecular weight is 306 g/mol. The van der Waals surface area contributed by atoms with Crippen molar-refractivity contribution in [1.29, 1.82) is 0 Å². The van der Waals surface area contributed by atoms with E-state index in [1.54, 1.807) is 0 Å². The molecule has 0 aliphatic carbocycles. The predicted octanol–water partition coefficient (Wildman–Crippen LogP) is 3.33. The number of halogens is 2. The van der Waals surface area contributed by atoms with Gasteiger partial charge in [-0.2, -0.15) is 0 Å². The molecule has 0 radical (unpaired) electrons. The van der Waals surface area contributed by atoms with Crippen LogP contribution in [0.15, 0.2) is 18.2 Å². The summed E-state index contributed by atoms with van der Waals surface area (Å²) in [5.74, 6) is 1.35. The van der Waals surface area contributed by atoms with Crippen LogP contribution in [0.2, 0.25) is 0 Å². The molecule has 16 heavy (non-hydrogen) atoms. The summed E-state index contributed by atoms with van der Waals surface area (Å²) < 4.78 is 5.48. The zero-order valence-electron chi connectivity index (χ0n) is 9.13. The highest BCUT2D eigenvalue weighted by molar-refractivity contribution is 9.09. The molecule has 0 N–H and O–H groups in total. The van der Waals surface area contributed by atoms with Gasteiger partial charge in [0.05, 0.1) is 17.8 Å². The smallest absolute Gasteiger partial charge is 0.147 e. The molecule has 0 heterocycles. The molecular weight excluding hydrogens is 291 g/mol. The summed E-state index contributed by atoms with van der Waals surface area (Å²) in [4.78, 5) is 11.3. The quantitative estimate of drug-likeness (QED) is 0.754. The zero-order chi connectivity index (χ0) is 12.0. The summed E-state index contributed by atoms with van der Waals surface area (Å²) in [6, 6.07) is 5.72. The van der Waals surface area contributed by atoms with Gasteiger partial charge in [0.1, 0.15) is 11.5 Å². The molecule has 88 valence electrons. The van der Waals surface area contributed by atoms with Crippen molar-refractivity contribution >= 4 is 33.3 Å². The minimum atomic E-state index is 0.154. The lowest BCUT2D eigenvalue weighted by molar-refractivity contribution is -0.115. The highest BCUT2D eigenvalue weighted by Crippen LogP contribution is 2.22. The molecule has 0 spiro atoms. The number of ether oxygens (including phenoxy) is 1. The molecule has 0 amide bonds. The van der Waals surface area contributed by atoms with Crippen molar-refractivity contribution in [3.63, 3.8) is 0 Å². The SMILES string of the molecule is CCOc1cc(CC(=O)CBr)ccc1CCl. The van der Waals surface area contributed by atoms with Gasteiger partial charge in [-0.1, -0.05) is 28.1 Å². The van der Waals surface area contributed by atoms with Crippen LogP contribution in [0.1, 0.15) is 18.1 Å². The number of hydrogen-bond donors (Lipinski definition) is 0. The maximum Gasteiger partial charge on any atom is 0.147 e. The monoisotopic (exact) mass is 304 g/mol. The van der Waals surface area contributed by atoms with E-state index in [-0.39, 0.29) is 5.78 Å². The Hall–Kier alpha value is -0.540. The van der Waals surface area contributed by atoms with Crippen LogP contribution >= 0.6 is 27.5 Å². The third-order valence-electron chi connectivity index (χ3n) is 2.13. The molecule has 0 atom stereocenters. The summed E-state index contributed by atoms with van der Waals surface area (Å²) in [5.41, 5.74) is 1.92. The van der Waals surface area contributed by atoms with E-state index in [2.05, 4.69) is 15.9 Å². The van der Waals surface area contributed by atoms with E-state index < -0.39 is 0 Å². The summed E-state index contributed by atoms with van der Waals surface area (Å²) in [7, 11) is 0. The fraction of sp³-hybridized carbons (Fsp3) is 0.417. The Balaban J connectivity index is 2.88. The van der Waals surface area contributed by atoms with Crippen LogP contribution in [0.5, 0.6) is 5.75 Å². The molecule has 0 saturated heterocycles. The molecule has 1 aromatic carbocycles. The van der Waals surface area contributed by atoms with Crippen LogP contribution in [-0.4, -0.2) is 17.7 Å². The predicted molar refractivity (Wildman–Crippen MR) is 69.7 cm³/mol. The Morgan fingerprint density at radius 2 is 2.25 bits per heavy atom. The van der Waals surface area contributed by atoms with Crippen LogP contribution in [0.4, 0.5) is 0 Å². The fourth-order valence-corrected chi connectivity index (χ4v) is 1.80. The molecule has 0 bridgehead atoms. The topological polar surface area (TPSA) is 26.3 Å². The van der Waals surface area contributed by atoms with Gasteiger partial charge in [0.15, 0.2) is 0 Å². The first kappa shape index (κ1) is 13.5. The van der Waals surface area contributed by atoms with Gasteiger partial charge in [0.25, 0.3) is 0 Å². The molecule has 2 nitrogen and oxygen atoms in total.